The number of benzene rings is 3. The SMILES string of the molecule is COC(=O)C[C@@H]1N=C(c2ccc(-c3ccc4nc(C(=O)NC(C(=O)N5C[C@H](O)C[C@H]5C(=O)NC(C)c5ccc(-c6scnc6C)cc5)C(C)(C)C)oc4c3)cc2)c2c(sc(C)c2C)-n2c(C)nnc21. The molecule has 0 aliphatic carbocycles. The van der Waals surface area contributed by atoms with Gasteiger partial charge in [0.05, 0.1) is 47.5 Å². The maximum Gasteiger partial charge on any atom is 0.308 e. The molecule has 0 saturated carbocycles. The van der Waals surface area contributed by atoms with E-state index in [9.17, 15) is 24.3 Å². The molecule has 9 rings (SSSR count). The van der Waals surface area contributed by atoms with Crippen LogP contribution in [0.15, 0.2) is 81.7 Å². The second-order valence-electron chi connectivity index (χ2n) is 18.7. The Balaban J connectivity index is 0.914. The average Bonchev–Trinajstić information content (AvgIpc) is 4.16. The molecule has 356 valence electrons. The van der Waals surface area contributed by atoms with Crippen LogP contribution in [-0.4, -0.2) is 96.0 Å². The van der Waals surface area contributed by atoms with Gasteiger partial charge in [-0.2, -0.15) is 0 Å². The van der Waals surface area contributed by atoms with Crippen LogP contribution >= 0.6 is 22.7 Å². The summed E-state index contributed by atoms with van der Waals surface area (Å²) in [6.07, 6.45) is -0.867. The molecular formula is C51H53N9O7S2. The predicted octanol–water partition coefficient (Wildman–Crippen LogP) is 7.93. The highest BCUT2D eigenvalue weighted by molar-refractivity contribution is 7.15. The lowest BCUT2D eigenvalue weighted by atomic mass is 9.85. The number of oxazole rings is 1. The highest BCUT2D eigenvalue weighted by Crippen LogP contribution is 2.40. The number of aliphatic imine (C=N–C) groups is 1. The normalized spacial score (nSPS) is 17.7. The van der Waals surface area contributed by atoms with Gasteiger partial charge in [-0.05, 0) is 80.0 Å². The topological polar surface area (TPSA) is 207 Å². The molecule has 0 spiro atoms. The fourth-order valence-corrected chi connectivity index (χ4v) is 11.0. The van der Waals surface area contributed by atoms with Gasteiger partial charge >= 0.3 is 11.9 Å². The number of esters is 1. The van der Waals surface area contributed by atoms with Gasteiger partial charge in [-0.3, -0.25) is 28.7 Å². The molecule has 4 aromatic heterocycles. The van der Waals surface area contributed by atoms with E-state index in [1.807, 2.05) is 112 Å². The van der Waals surface area contributed by atoms with Gasteiger partial charge in [0.15, 0.2) is 11.4 Å². The number of amides is 3. The minimum absolute atomic E-state index is 0.000920. The first-order valence-corrected chi connectivity index (χ1v) is 24.4. The first-order valence-electron chi connectivity index (χ1n) is 22.7. The molecule has 2 aliphatic heterocycles. The second-order valence-corrected chi connectivity index (χ2v) is 20.8. The third kappa shape index (κ3) is 9.11. The summed E-state index contributed by atoms with van der Waals surface area (Å²) >= 11 is 3.20. The van der Waals surface area contributed by atoms with Gasteiger partial charge in [0.25, 0.3) is 5.89 Å². The van der Waals surface area contributed by atoms with E-state index in [1.54, 1.807) is 28.7 Å². The zero-order valence-electron chi connectivity index (χ0n) is 39.8. The Bertz CT molecular complexity index is 3160. The van der Waals surface area contributed by atoms with Crippen LogP contribution in [0.3, 0.4) is 0 Å². The van der Waals surface area contributed by atoms with Crippen molar-refractivity contribution in [2.24, 2.45) is 10.4 Å². The quantitative estimate of drug-likeness (QED) is 0.106. The summed E-state index contributed by atoms with van der Waals surface area (Å²) in [7, 11) is 1.36. The maximum atomic E-state index is 14.4. The van der Waals surface area contributed by atoms with Crippen LogP contribution in [0, 0.1) is 33.1 Å². The van der Waals surface area contributed by atoms with Crippen LogP contribution < -0.4 is 10.6 Å². The van der Waals surface area contributed by atoms with E-state index >= 15 is 0 Å². The van der Waals surface area contributed by atoms with E-state index in [0.717, 1.165) is 65.1 Å². The van der Waals surface area contributed by atoms with E-state index in [4.69, 9.17) is 14.1 Å². The van der Waals surface area contributed by atoms with E-state index in [1.165, 1.54) is 12.0 Å². The molecule has 3 amide bonds. The molecule has 2 aliphatic rings. The van der Waals surface area contributed by atoms with Crippen molar-refractivity contribution in [3.8, 4) is 26.6 Å². The minimum atomic E-state index is -1.09. The summed E-state index contributed by atoms with van der Waals surface area (Å²) in [6.45, 7) is 15.3. The van der Waals surface area contributed by atoms with Crippen LogP contribution in [0.4, 0.5) is 0 Å². The Hall–Kier alpha value is -6.89. The summed E-state index contributed by atoms with van der Waals surface area (Å²) in [5.74, 6) is -0.951. The number of aryl methyl sites for hydroxylation is 3. The van der Waals surface area contributed by atoms with Crippen LogP contribution in [0.1, 0.15) is 108 Å². The number of nitrogens with one attached hydrogen (secondary N) is 2. The number of ether oxygens (including phenoxy) is 1. The Morgan fingerprint density at radius 3 is 2.30 bits per heavy atom. The van der Waals surface area contributed by atoms with Gasteiger partial charge in [0, 0.05) is 29.0 Å². The number of aliphatic hydroxyl groups is 1. The van der Waals surface area contributed by atoms with E-state index in [-0.39, 0.29) is 31.3 Å². The maximum absolute atomic E-state index is 14.4. The van der Waals surface area contributed by atoms with Crippen molar-refractivity contribution < 1.29 is 33.4 Å². The Morgan fingerprint density at radius 2 is 1.62 bits per heavy atom. The van der Waals surface area contributed by atoms with Crippen molar-refractivity contribution in [1.82, 2.24) is 40.3 Å². The van der Waals surface area contributed by atoms with Crippen LogP contribution in [-0.2, 0) is 19.1 Å². The third-order valence-electron chi connectivity index (χ3n) is 12.9. The van der Waals surface area contributed by atoms with Gasteiger partial charge < -0.3 is 29.8 Å². The molecule has 0 bridgehead atoms. The zero-order chi connectivity index (χ0) is 49.1. The number of β-amino-alcohol motifs (C(OH)–C–C–N with tert-alkyl or cyclic N) is 1. The van der Waals surface area contributed by atoms with Crippen molar-refractivity contribution in [2.45, 2.75) is 98.5 Å². The number of hydrogen-bond acceptors (Lipinski definition) is 14. The fourth-order valence-electron chi connectivity index (χ4n) is 9.00. The Kier molecular flexibility index (Phi) is 12.7. The molecule has 16 nitrogen and oxygen atoms in total. The summed E-state index contributed by atoms with van der Waals surface area (Å²) < 4.78 is 13.1. The molecule has 2 unspecified atom stereocenters. The fraction of sp³-hybridized carbons (Fsp3) is 0.353. The van der Waals surface area contributed by atoms with Crippen molar-refractivity contribution in [3.05, 3.63) is 123 Å². The molecule has 18 heteroatoms. The number of aromatic nitrogens is 5. The molecule has 5 atom stereocenters. The van der Waals surface area contributed by atoms with Crippen molar-refractivity contribution in [2.75, 3.05) is 13.7 Å². The second kappa shape index (κ2) is 18.5. The molecular weight excluding hydrogens is 915 g/mol. The lowest BCUT2D eigenvalue weighted by molar-refractivity contribution is -0.142. The molecule has 7 aromatic rings. The van der Waals surface area contributed by atoms with Gasteiger partial charge in [0.2, 0.25) is 11.8 Å². The molecule has 1 fully saturated rings. The Labute approximate surface area is 406 Å². The molecule has 3 aromatic carbocycles. The van der Waals surface area contributed by atoms with Crippen molar-refractivity contribution in [3.63, 3.8) is 0 Å². The summed E-state index contributed by atoms with van der Waals surface area (Å²) in [5, 5.41) is 26.4. The van der Waals surface area contributed by atoms with Gasteiger partial charge in [0.1, 0.15) is 34.5 Å². The van der Waals surface area contributed by atoms with Gasteiger partial charge in [-0.15, -0.1) is 32.9 Å². The molecule has 0 radical (unpaired) electrons. The standard InChI is InChI=1S/C51H53N9O7S2/c1-25-28(4)69-50-41(25)42(54-37(22-40(62)66-9)45-58-57-29(5)60(45)50)32-14-12-31(13-15-32)34-18-19-36-39(20-34)67-48(55-36)47(64)56-44(51(6,7)8)49(65)59-23-35(61)21-38(59)46(63)53-26(2)30-10-16-33(17-11-30)43-27(3)52-24-68-43/h10-20,24,26,35,37-38,44,61H,21-23H2,1-9H3,(H,53,63)(H,56,64)/t26?,35-,37+,38+,44?/m1/s1. The number of thiophene rings is 1. The number of likely N-dealkylation sites (tertiary alicyclic amines) is 1. The zero-order valence-corrected chi connectivity index (χ0v) is 41.4. The number of methoxy groups -OCH3 is 1. The number of aliphatic hydroxyl groups excluding tert-OH is 1. The van der Waals surface area contributed by atoms with E-state index in [0.29, 0.717) is 22.7 Å². The van der Waals surface area contributed by atoms with Crippen LogP contribution in [0.5, 0.6) is 0 Å². The first-order chi connectivity index (χ1) is 32.9. The number of hydrogen-bond donors (Lipinski definition) is 3. The number of thiazole rings is 1. The first kappa shape index (κ1) is 47.2. The average molecular weight is 968 g/mol. The monoisotopic (exact) mass is 967 g/mol. The summed E-state index contributed by atoms with van der Waals surface area (Å²) in [6, 6.07) is 18.3. The van der Waals surface area contributed by atoms with Crippen molar-refractivity contribution in [1.29, 1.82) is 0 Å². The van der Waals surface area contributed by atoms with Crippen molar-refractivity contribution >= 4 is 63.2 Å². The summed E-state index contributed by atoms with van der Waals surface area (Å²) in [4.78, 5) is 72.3. The van der Waals surface area contributed by atoms with E-state index in [2.05, 4.69) is 44.6 Å². The number of fused-ring (bicyclic) bond motifs is 4. The number of rotatable bonds is 11. The lowest BCUT2D eigenvalue weighted by Gasteiger charge is -2.35. The van der Waals surface area contributed by atoms with E-state index < -0.39 is 53.3 Å². The molecule has 1 saturated heterocycles. The summed E-state index contributed by atoms with van der Waals surface area (Å²) in [5.41, 5.74) is 10.0. The largest absolute Gasteiger partial charge is 0.469 e. The van der Waals surface area contributed by atoms with Gasteiger partial charge in [-0.25, -0.2) is 9.97 Å². The number of nitrogens with zero attached hydrogens (tertiary/aromatic N) is 7. The predicted molar refractivity (Wildman–Crippen MR) is 264 cm³/mol. The molecule has 69 heavy (non-hydrogen) atoms. The Morgan fingerprint density at radius 1 is 0.928 bits per heavy atom. The highest BCUT2D eigenvalue weighted by Gasteiger charge is 2.45. The molecule has 6 heterocycles. The molecule has 3 N–H and O–H groups in total. The minimum Gasteiger partial charge on any atom is -0.469 e. The van der Waals surface area contributed by atoms with Crippen LogP contribution in [0.25, 0.3) is 37.7 Å². The van der Waals surface area contributed by atoms with Gasteiger partial charge in [-0.1, -0.05) is 75.4 Å². The third-order valence-corrected chi connectivity index (χ3v) is 15.1. The number of carbonyl (C=O) groups is 4. The lowest BCUT2D eigenvalue weighted by Crippen LogP contribution is -2.57. The highest BCUT2D eigenvalue weighted by atomic mass is 32.1. The van der Waals surface area contributed by atoms with Crippen LogP contribution in [0.2, 0.25) is 0 Å². The number of carbonyl (C=O) groups excluding carboxylic acids is 4. The smallest absolute Gasteiger partial charge is 0.308 e.